The molecule has 4 aromatic rings. The van der Waals surface area contributed by atoms with Gasteiger partial charge in [0.2, 0.25) is 0 Å². The second-order valence-corrected chi connectivity index (χ2v) is 9.71. The van der Waals surface area contributed by atoms with Gasteiger partial charge in [0, 0.05) is 11.6 Å². The molecule has 0 aliphatic carbocycles. The molecule has 2 aromatic heterocycles. The number of carbonyl (C=O) groups is 2. The summed E-state index contributed by atoms with van der Waals surface area (Å²) in [7, 11) is 1.33. The minimum absolute atomic E-state index is 0.286. The molecule has 198 valence electrons. The predicted octanol–water partition coefficient (Wildman–Crippen LogP) is 4.24. The number of esters is 2. The molecule has 1 aliphatic heterocycles. The third-order valence-corrected chi connectivity index (χ3v) is 7.31. The van der Waals surface area contributed by atoms with Gasteiger partial charge in [0.25, 0.3) is 5.56 Å². The van der Waals surface area contributed by atoms with E-state index in [1.165, 1.54) is 18.4 Å². The fraction of sp³-hybridized carbons (Fsp3) is 0.200. The molecule has 39 heavy (non-hydrogen) atoms. The molecule has 3 heterocycles. The zero-order valence-corrected chi connectivity index (χ0v) is 22.5. The van der Waals surface area contributed by atoms with Crippen molar-refractivity contribution in [1.82, 2.24) is 4.57 Å². The second-order valence-electron chi connectivity index (χ2n) is 8.70. The van der Waals surface area contributed by atoms with Crippen LogP contribution in [0.25, 0.3) is 17.4 Å². The van der Waals surface area contributed by atoms with Crippen molar-refractivity contribution >= 4 is 29.4 Å². The fourth-order valence-electron chi connectivity index (χ4n) is 4.54. The summed E-state index contributed by atoms with van der Waals surface area (Å²) in [4.78, 5) is 43.9. The van der Waals surface area contributed by atoms with Crippen molar-refractivity contribution in [3.63, 3.8) is 0 Å². The normalized spacial score (nSPS) is 15.1. The Labute approximate surface area is 228 Å². The number of carbonyl (C=O) groups excluding carboxylic acids is 2. The van der Waals surface area contributed by atoms with E-state index in [4.69, 9.17) is 13.9 Å². The lowest BCUT2D eigenvalue weighted by atomic mass is 9.95. The van der Waals surface area contributed by atoms with Gasteiger partial charge in [-0.05, 0) is 43.2 Å². The minimum atomic E-state index is -0.662. The highest BCUT2D eigenvalue weighted by Gasteiger charge is 2.33. The van der Waals surface area contributed by atoms with Crippen molar-refractivity contribution in [2.24, 2.45) is 4.99 Å². The summed E-state index contributed by atoms with van der Waals surface area (Å²) in [6.45, 7) is 3.96. The largest absolute Gasteiger partial charge is 0.466 e. The van der Waals surface area contributed by atoms with Crippen LogP contribution in [-0.4, -0.2) is 30.2 Å². The number of thiazole rings is 1. The summed E-state index contributed by atoms with van der Waals surface area (Å²) in [6.07, 6.45) is 2.17. The van der Waals surface area contributed by atoms with Gasteiger partial charge in [-0.3, -0.25) is 9.36 Å². The number of furan rings is 1. The average Bonchev–Trinajstić information content (AvgIpc) is 3.56. The molecule has 0 spiro atoms. The molecule has 1 aliphatic rings. The first-order chi connectivity index (χ1) is 18.9. The summed E-state index contributed by atoms with van der Waals surface area (Å²) < 4.78 is 18.2. The number of aromatic nitrogens is 1. The van der Waals surface area contributed by atoms with Crippen LogP contribution in [0.15, 0.2) is 92.2 Å². The van der Waals surface area contributed by atoms with Crippen molar-refractivity contribution in [3.05, 3.63) is 115 Å². The van der Waals surface area contributed by atoms with Gasteiger partial charge in [0.15, 0.2) is 4.80 Å². The van der Waals surface area contributed by atoms with Crippen LogP contribution in [-0.2, 0) is 14.3 Å². The van der Waals surface area contributed by atoms with Crippen LogP contribution in [0.4, 0.5) is 0 Å². The predicted molar refractivity (Wildman–Crippen MR) is 147 cm³/mol. The van der Waals surface area contributed by atoms with E-state index in [0.29, 0.717) is 49.7 Å². The molecule has 0 radical (unpaired) electrons. The number of benzene rings is 2. The van der Waals surface area contributed by atoms with E-state index < -0.39 is 18.0 Å². The molecule has 0 N–H and O–H groups in total. The molecule has 0 unspecified atom stereocenters. The topological polar surface area (TPSA) is 100 Å². The number of fused-ring (bicyclic) bond motifs is 1. The number of hydrogen-bond acceptors (Lipinski definition) is 8. The van der Waals surface area contributed by atoms with Gasteiger partial charge in [0.1, 0.15) is 11.5 Å². The lowest BCUT2D eigenvalue weighted by Crippen LogP contribution is -2.40. The summed E-state index contributed by atoms with van der Waals surface area (Å²) >= 11 is 1.23. The van der Waals surface area contributed by atoms with Crippen LogP contribution < -0.4 is 14.9 Å². The third kappa shape index (κ3) is 5.00. The maximum Gasteiger partial charge on any atom is 0.338 e. The van der Waals surface area contributed by atoms with E-state index in [1.54, 1.807) is 47.9 Å². The first-order valence-corrected chi connectivity index (χ1v) is 13.3. The van der Waals surface area contributed by atoms with E-state index in [0.717, 1.165) is 5.56 Å². The van der Waals surface area contributed by atoms with Crippen LogP contribution in [0, 0.1) is 0 Å². The number of allylic oxidation sites excluding steroid dienone is 1. The number of rotatable bonds is 7. The van der Waals surface area contributed by atoms with Crippen molar-refractivity contribution in [3.8, 4) is 11.3 Å². The molecule has 0 saturated carbocycles. The maximum absolute atomic E-state index is 13.7. The molecular formula is C30H26N2O6S. The van der Waals surface area contributed by atoms with Gasteiger partial charge in [-0.25, -0.2) is 14.6 Å². The van der Waals surface area contributed by atoms with Crippen molar-refractivity contribution < 1.29 is 23.5 Å². The summed E-state index contributed by atoms with van der Waals surface area (Å²) in [5.74, 6) is 0.0944. The van der Waals surface area contributed by atoms with Crippen molar-refractivity contribution in [1.29, 1.82) is 0 Å². The monoisotopic (exact) mass is 542 g/mol. The standard InChI is InChI=1S/C30H26N2O6S/c1-4-22-25(29(35)36-3)26(18-10-7-6-8-11-18)32-27(33)24(39-30(32)31-22)17-21-14-15-23(38-21)19-12-9-13-20(16-19)28(34)37-5-2/h6-17,26H,4-5H2,1-3H3/b24-17+/t26-/m0/s1. The van der Waals surface area contributed by atoms with Gasteiger partial charge in [-0.2, -0.15) is 0 Å². The SMILES string of the molecule is CCOC(=O)c1cccc(-c2ccc(/C=c3/sc4n(c3=O)[C@@H](c3ccccc3)C(C(=O)OC)=C(CC)N=4)o2)c1. The van der Waals surface area contributed by atoms with E-state index in [9.17, 15) is 14.4 Å². The van der Waals surface area contributed by atoms with E-state index in [-0.39, 0.29) is 12.2 Å². The molecule has 0 saturated heterocycles. The van der Waals surface area contributed by atoms with Crippen LogP contribution in [0.1, 0.15) is 48.0 Å². The van der Waals surface area contributed by atoms with E-state index in [1.807, 2.05) is 43.3 Å². The molecule has 0 bridgehead atoms. The molecule has 1 atom stereocenters. The molecule has 9 heteroatoms. The molecular weight excluding hydrogens is 516 g/mol. The summed E-state index contributed by atoms with van der Waals surface area (Å²) in [6, 6.07) is 19.2. The highest BCUT2D eigenvalue weighted by atomic mass is 32.1. The van der Waals surface area contributed by atoms with Gasteiger partial charge in [0.05, 0.1) is 41.1 Å². The Hall–Kier alpha value is -4.50. The number of nitrogens with zero attached hydrogens (tertiary/aromatic N) is 2. The quantitative estimate of drug-likeness (QED) is 0.324. The first-order valence-electron chi connectivity index (χ1n) is 12.5. The highest BCUT2D eigenvalue weighted by molar-refractivity contribution is 7.07. The molecule has 0 fully saturated rings. The Kier molecular flexibility index (Phi) is 7.42. The average molecular weight is 543 g/mol. The van der Waals surface area contributed by atoms with Crippen LogP contribution >= 0.6 is 11.3 Å². The fourth-order valence-corrected chi connectivity index (χ4v) is 5.54. The lowest BCUT2D eigenvalue weighted by Gasteiger charge is -2.25. The van der Waals surface area contributed by atoms with Crippen molar-refractivity contribution in [2.45, 2.75) is 26.3 Å². The Bertz CT molecular complexity index is 1760. The molecule has 5 rings (SSSR count). The highest BCUT2D eigenvalue weighted by Crippen LogP contribution is 2.31. The minimum Gasteiger partial charge on any atom is -0.466 e. The Balaban J connectivity index is 1.59. The Morgan fingerprint density at radius 2 is 1.85 bits per heavy atom. The zero-order valence-electron chi connectivity index (χ0n) is 21.7. The van der Waals surface area contributed by atoms with E-state index >= 15 is 0 Å². The third-order valence-electron chi connectivity index (χ3n) is 6.32. The molecule has 2 aromatic carbocycles. The van der Waals surface area contributed by atoms with Crippen LogP contribution in [0.5, 0.6) is 0 Å². The summed E-state index contributed by atoms with van der Waals surface area (Å²) in [5.41, 5.74) is 2.58. The molecule has 8 nitrogen and oxygen atoms in total. The smallest absolute Gasteiger partial charge is 0.338 e. The van der Waals surface area contributed by atoms with Crippen LogP contribution in [0.3, 0.4) is 0 Å². The van der Waals surface area contributed by atoms with Crippen LogP contribution in [0.2, 0.25) is 0 Å². The number of methoxy groups -OCH3 is 1. The number of ether oxygens (including phenoxy) is 2. The second kappa shape index (κ2) is 11.1. The van der Waals surface area contributed by atoms with Gasteiger partial charge in [-0.1, -0.05) is 60.7 Å². The zero-order chi connectivity index (χ0) is 27.5. The van der Waals surface area contributed by atoms with Crippen molar-refractivity contribution in [2.75, 3.05) is 13.7 Å². The van der Waals surface area contributed by atoms with E-state index in [2.05, 4.69) is 4.99 Å². The lowest BCUT2D eigenvalue weighted by molar-refractivity contribution is -0.136. The first kappa shape index (κ1) is 26.1. The van der Waals surface area contributed by atoms with Gasteiger partial charge >= 0.3 is 11.9 Å². The summed E-state index contributed by atoms with van der Waals surface area (Å²) in [5, 5.41) is 0. The Morgan fingerprint density at radius 3 is 2.56 bits per heavy atom. The van der Waals surface area contributed by atoms with Gasteiger partial charge < -0.3 is 13.9 Å². The maximum atomic E-state index is 13.7. The Morgan fingerprint density at radius 1 is 1.05 bits per heavy atom. The van der Waals surface area contributed by atoms with Gasteiger partial charge in [-0.15, -0.1) is 0 Å². The molecule has 0 amide bonds. The number of hydrogen-bond donors (Lipinski definition) is 0.